The van der Waals surface area contributed by atoms with Gasteiger partial charge in [0.15, 0.2) is 0 Å². The van der Waals surface area contributed by atoms with E-state index in [1.54, 1.807) is 24.8 Å². The molecule has 0 aliphatic carbocycles. The number of nitrogens with zero attached hydrogens (tertiary/aromatic N) is 4. The van der Waals surface area contributed by atoms with E-state index < -0.39 is 23.8 Å². The van der Waals surface area contributed by atoms with E-state index in [9.17, 15) is 18.0 Å². The number of hydrogen-bond acceptors (Lipinski definition) is 6. The SMILES string of the molecule is Cc1nc(N[C@H](C)c2cccc(C(F)F)c2F)c2cc3c(cc2n1)OCCN3C(=O)C1CCN(C(C)C)CC1. The number of nitrogens with one attached hydrogen (secondary N) is 1. The second-order valence-electron chi connectivity index (χ2n) is 10.6. The molecule has 5 rings (SSSR count). The van der Waals surface area contributed by atoms with Crippen LogP contribution in [0.2, 0.25) is 0 Å². The number of amides is 1. The molecule has 2 aromatic carbocycles. The third-order valence-corrected chi connectivity index (χ3v) is 7.74. The first kappa shape index (κ1) is 27.2. The van der Waals surface area contributed by atoms with Crippen LogP contribution in [-0.4, -0.2) is 53.1 Å². The lowest BCUT2D eigenvalue weighted by Gasteiger charge is -2.37. The second kappa shape index (κ2) is 11.0. The average molecular weight is 542 g/mol. The zero-order valence-electron chi connectivity index (χ0n) is 22.7. The van der Waals surface area contributed by atoms with Crippen molar-refractivity contribution in [2.45, 2.75) is 59.0 Å². The maximum Gasteiger partial charge on any atom is 0.266 e. The smallest absolute Gasteiger partial charge is 0.266 e. The van der Waals surface area contributed by atoms with Gasteiger partial charge in [-0.1, -0.05) is 18.2 Å². The van der Waals surface area contributed by atoms with Crippen molar-refractivity contribution in [3.63, 3.8) is 0 Å². The van der Waals surface area contributed by atoms with Gasteiger partial charge in [0, 0.05) is 29.0 Å². The molecule has 2 aliphatic rings. The van der Waals surface area contributed by atoms with Crippen molar-refractivity contribution in [3.05, 3.63) is 53.1 Å². The van der Waals surface area contributed by atoms with Crippen LogP contribution in [0.25, 0.3) is 10.9 Å². The summed E-state index contributed by atoms with van der Waals surface area (Å²) in [6.07, 6.45) is -1.28. The highest BCUT2D eigenvalue weighted by atomic mass is 19.3. The van der Waals surface area contributed by atoms with E-state index in [0.29, 0.717) is 53.2 Å². The molecule has 0 saturated carbocycles. The molecular formula is C29H34F3N5O2. The molecule has 0 unspecified atom stereocenters. The van der Waals surface area contributed by atoms with Crippen molar-refractivity contribution < 1.29 is 22.7 Å². The number of piperidine rings is 1. The number of benzene rings is 2. The molecule has 7 nitrogen and oxygen atoms in total. The summed E-state index contributed by atoms with van der Waals surface area (Å²) >= 11 is 0. The Labute approximate surface area is 226 Å². The highest BCUT2D eigenvalue weighted by Gasteiger charge is 2.33. The Kier molecular flexibility index (Phi) is 7.66. The number of rotatable bonds is 6. The molecule has 2 aliphatic heterocycles. The number of likely N-dealkylation sites (tertiary alicyclic amines) is 1. The first-order valence-electron chi connectivity index (χ1n) is 13.5. The number of anilines is 2. The molecular weight excluding hydrogens is 507 g/mol. The van der Waals surface area contributed by atoms with Crippen molar-refractivity contribution in [1.29, 1.82) is 0 Å². The summed E-state index contributed by atoms with van der Waals surface area (Å²) < 4.78 is 47.4. The molecule has 0 bridgehead atoms. The minimum Gasteiger partial charge on any atom is -0.489 e. The average Bonchev–Trinajstić information content (AvgIpc) is 2.91. The minimum absolute atomic E-state index is 0.0568. The number of ether oxygens (including phenoxy) is 1. The highest BCUT2D eigenvalue weighted by molar-refractivity contribution is 6.01. The summed E-state index contributed by atoms with van der Waals surface area (Å²) in [5, 5.41) is 3.83. The van der Waals surface area contributed by atoms with Gasteiger partial charge in [0.05, 0.1) is 29.4 Å². The lowest BCUT2D eigenvalue weighted by molar-refractivity contribution is -0.124. The molecule has 3 aromatic rings. The number of fused-ring (bicyclic) bond motifs is 2. The first-order valence-corrected chi connectivity index (χ1v) is 13.5. The van der Waals surface area contributed by atoms with E-state index in [2.05, 4.69) is 34.0 Å². The second-order valence-corrected chi connectivity index (χ2v) is 10.6. The Morgan fingerprint density at radius 2 is 1.79 bits per heavy atom. The van der Waals surface area contributed by atoms with Gasteiger partial charge in [0.1, 0.15) is 29.8 Å². The largest absolute Gasteiger partial charge is 0.489 e. The molecule has 1 aromatic heterocycles. The van der Waals surface area contributed by atoms with E-state index in [1.165, 1.54) is 12.1 Å². The summed E-state index contributed by atoms with van der Waals surface area (Å²) in [7, 11) is 0. The Bertz CT molecular complexity index is 1370. The van der Waals surface area contributed by atoms with Crippen LogP contribution in [0, 0.1) is 18.7 Å². The molecule has 1 amide bonds. The summed E-state index contributed by atoms with van der Waals surface area (Å²) in [4.78, 5) is 26.9. The Morgan fingerprint density at radius 1 is 1.08 bits per heavy atom. The van der Waals surface area contributed by atoms with Crippen LogP contribution >= 0.6 is 0 Å². The molecule has 3 heterocycles. The predicted octanol–water partition coefficient (Wildman–Crippen LogP) is 6.03. The molecule has 208 valence electrons. The highest BCUT2D eigenvalue weighted by Crippen LogP contribution is 2.39. The van der Waals surface area contributed by atoms with Gasteiger partial charge in [-0.05, 0) is 59.7 Å². The van der Waals surface area contributed by atoms with Crippen LogP contribution in [-0.2, 0) is 4.79 Å². The van der Waals surface area contributed by atoms with Gasteiger partial charge in [0.25, 0.3) is 6.43 Å². The van der Waals surface area contributed by atoms with E-state index in [-0.39, 0.29) is 17.4 Å². The van der Waals surface area contributed by atoms with Gasteiger partial charge in [0.2, 0.25) is 5.91 Å². The Balaban J connectivity index is 1.47. The van der Waals surface area contributed by atoms with Gasteiger partial charge in [-0.2, -0.15) is 0 Å². The number of aromatic nitrogens is 2. The van der Waals surface area contributed by atoms with Crippen LogP contribution in [0.3, 0.4) is 0 Å². The number of carbonyl (C=O) groups is 1. The van der Waals surface area contributed by atoms with Crippen molar-refractivity contribution in [2.75, 3.05) is 36.5 Å². The molecule has 1 fully saturated rings. The lowest BCUT2D eigenvalue weighted by Crippen LogP contribution is -2.46. The van der Waals surface area contributed by atoms with Gasteiger partial charge in [-0.15, -0.1) is 0 Å². The van der Waals surface area contributed by atoms with Gasteiger partial charge < -0.3 is 19.9 Å². The molecule has 10 heteroatoms. The van der Waals surface area contributed by atoms with E-state index in [4.69, 9.17) is 4.74 Å². The van der Waals surface area contributed by atoms with Crippen molar-refractivity contribution >= 4 is 28.3 Å². The molecule has 0 radical (unpaired) electrons. The van der Waals surface area contributed by atoms with Crippen LogP contribution in [0.5, 0.6) is 5.75 Å². The van der Waals surface area contributed by atoms with Crippen LogP contribution in [0.15, 0.2) is 30.3 Å². The number of halogens is 3. The standard InChI is InChI=1S/C29H34F3N5O2/c1-16(2)36-10-8-19(9-11-36)29(38)37-12-13-39-25-15-23-22(14-24(25)37)28(35-18(4)34-23)33-17(3)20-6-5-7-21(26(20)30)27(31)32/h5-7,14-17,19,27H,8-13H2,1-4H3,(H,33,34,35)/t17-/m1/s1. The first-order chi connectivity index (χ1) is 18.6. The third kappa shape index (κ3) is 5.39. The summed E-state index contributed by atoms with van der Waals surface area (Å²) in [5.74, 6) is 0.586. The maximum atomic E-state index is 14.9. The fraction of sp³-hybridized carbons (Fsp3) is 0.483. The summed E-state index contributed by atoms with van der Waals surface area (Å²) in [6.45, 7) is 10.4. The molecule has 1 saturated heterocycles. The zero-order valence-corrected chi connectivity index (χ0v) is 22.7. The Hall–Kier alpha value is -3.40. The van der Waals surface area contributed by atoms with Crippen LogP contribution in [0.1, 0.15) is 63.0 Å². The number of hydrogen-bond donors (Lipinski definition) is 1. The molecule has 39 heavy (non-hydrogen) atoms. The molecule has 1 N–H and O–H groups in total. The number of aryl methyl sites for hydroxylation is 1. The van der Waals surface area contributed by atoms with Crippen LogP contribution < -0.4 is 15.0 Å². The fourth-order valence-corrected chi connectivity index (χ4v) is 5.53. The zero-order chi connectivity index (χ0) is 27.8. The quantitative estimate of drug-likeness (QED) is 0.411. The Morgan fingerprint density at radius 3 is 2.49 bits per heavy atom. The topological polar surface area (TPSA) is 70.6 Å². The van der Waals surface area contributed by atoms with Gasteiger partial charge in [-0.25, -0.2) is 23.1 Å². The van der Waals surface area contributed by atoms with E-state index in [0.717, 1.165) is 32.0 Å². The van der Waals surface area contributed by atoms with Crippen molar-refractivity contribution in [3.8, 4) is 5.75 Å². The monoisotopic (exact) mass is 541 g/mol. The number of alkyl halides is 2. The van der Waals surface area contributed by atoms with Crippen LogP contribution in [0.4, 0.5) is 24.7 Å². The summed E-state index contributed by atoms with van der Waals surface area (Å²) in [5.41, 5.74) is 0.740. The summed E-state index contributed by atoms with van der Waals surface area (Å²) in [6, 6.07) is 7.43. The van der Waals surface area contributed by atoms with E-state index in [1.807, 2.05) is 6.07 Å². The van der Waals surface area contributed by atoms with Crippen molar-refractivity contribution in [1.82, 2.24) is 14.9 Å². The number of carbonyl (C=O) groups excluding carboxylic acids is 1. The third-order valence-electron chi connectivity index (χ3n) is 7.74. The molecule has 0 spiro atoms. The van der Waals surface area contributed by atoms with Gasteiger partial charge >= 0.3 is 0 Å². The maximum absolute atomic E-state index is 14.9. The molecule has 1 atom stereocenters. The normalized spacial score (nSPS) is 17.4. The lowest BCUT2D eigenvalue weighted by atomic mass is 9.94. The van der Waals surface area contributed by atoms with E-state index >= 15 is 0 Å². The van der Waals surface area contributed by atoms with Crippen molar-refractivity contribution in [2.24, 2.45) is 5.92 Å². The minimum atomic E-state index is -2.91. The fourth-order valence-electron chi connectivity index (χ4n) is 5.53. The predicted molar refractivity (Wildman–Crippen MR) is 145 cm³/mol. The van der Waals surface area contributed by atoms with Gasteiger partial charge in [-0.3, -0.25) is 4.79 Å².